The molecule has 0 amide bonds. The van der Waals surface area contributed by atoms with Crippen LogP contribution in [0.4, 0.5) is 5.69 Å². The molecule has 3 aromatic rings. The number of nitrogens with zero attached hydrogens (tertiary/aromatic N) is 4. The molecule has 0 spiro atoms. The predicted molar refractivity (Wildman–Crippen MR) is 91.2 cm³/mol. The summed E-state index contributed by atoms with van der Waals surface area (Å²) in [5.41, 5.74) is 3.22. The molecule has 0 aliphatic carbocycles. The van der Waals surface area contributed by atoms with E-state index in [0.29, 0.717) is 0 Å². The molecule has 0 bridgehead atoms. The number of aromatic amines is 1. The molecule has 0 saturated heterocycles. The zero-order valence-corrected chi connectivity index (χ0v) is 14.1. The van der Waals surface area contributed by atoms with Crippen LogP contribution in [0.25, 0.3) is 5.65 Å². The van der Waals surface area contributed by atoms with Crippen molar-refractivity contribution in [3.63, 3.8) is 0 Å². The molecule has 0 fully saturated rings. The Balaban J connectivity index is 1.65. The molecule has 0 unspecified atom stereocenters. The number of aryl methyl sites for hydroxylation is 2. The van der Waals surface area contributed by atoms with Crippen LogP contribution in [0.15, 0.2) is 30.3 Å². The molecular formula is C17H21N5O2. The van der Waals surface area contributed by atoms with Gasteiger partial charge in [0.25, 0.3) is 5.69 Å². The van der Waals surface area contributed by atoms with Gasteiger partial charge in [-0.1, -0.05) is 32.9 Å². The Labute approximate surface area is 139 Å². The Morgan fingerprint density at radius 2 is 1.88 bits per heavy atom. The van der Waals surface area contributed by atoms with Crippen molar-refractivity contribution in [2.24, 2.45) is 0 Å². The highest BCUT2D eigenvalue weighted by molar-refractivity contribution is 5.40. The quantitative estimate of drug-likeness (QED) is 0.574. The standard InChI is InChI=1S/C17H21N5O2/c1-17(2,3)14-11-16-19-18-15(21(16)20-14)6-4-5-12-7-9-13(10-8-12)22(23)24/h7-11,20H,4-6H2,1-3H3. The van der Waals surface area contributed by atoms with Gasteiger partial charge in [0, 0.05) is 35.7 Å². The highest BCUT2D eigenvalue weighted by Gasteiger charge is 2.18. The molecule has 2 heterocycles. The number of non-ortho nitro benzene ring substituents is 1. The van der Waals surface area contributed by atoms with Crippen molar-refractivity contribution in [1.29, 1.82) is 0 Å². The molecule has 0 saturated carbocycles. The predicted octanol–water partition coefficient (Wildman–Crippen LogP) is 3.44. The van der Waals surface area contributed by atoms with Crippen LogP contribution >= 0.6 is 0 Å². The second kappa shape index (κ2) is 6.07. The molecule has 0 aliphatic heterocycles. The molecule has 2 aromatic heterocycles. The van der Waals surface area contributed by atoms with E-state index in [1.54, 1.807) is 12.1 Å². The third kappa shape index (κ3) is 3.29. The molecule has 0 radical (unpaired) electrons. The summed E-state index contributed by atoms with van der Waals surface area (Å²) >= 11 is 0. The van der Waals surface area contributed by atoms with E-state index in [-0.39, 0.29) is 16.0 Å². The summed E-state index contributed by atoms with van der Waals surface area (Å²) in [6.45, 7) is 6.46. The molecule has 7 nitrogen and oxygen atoms in total. The van der Waals surface area contributed by atoms with Crippen molar-refractivity contribution >= 4 is 11.3 Å². The average Bonchev–Trinajstić information content (AvgIpc) is 3.09. The molecule has 1 aromatic carbocycles. The van der Waals surface area contributed by atoms with Crippen LogP contribution in [-0.4, -0.2) is 24.7 Å². The number of aromatic nitrogens is 4. The second-order valence-electron chi connectivity index (χ2n) is 7.01. The van der Waals surface area contributed by atoms with Gasteiger partial charge in [-0.05, 0) is 18.4 Å². The number of nitrogens with one attached hydrogen (secondary N) is 1. The van der Waals surface area contributed by atoms with Crippen molar-refractivity contribution in [2.45, 2.75) is 45.4 Å². The first-order valence-corrected chi connectivity index (χ1v) is 8.01. The van der Waals surface area contributed by atoms with E-state index in [1.165, 1.54) is 0 Å². The summed E-state index contributed by atoms with van der Waals surface area (Å²) in [5, 5.41) is 22.5. The fourth-order valence-electron chi connectivity index (χ4n) is 2.61. The highest BCUT2D eigenvalue weighted by Crippen LogP contribution is 2.22. The van der Waals surface area contributed by atoms with Crippen molar-refractivity contribution in [3.8, 4) is 0 Å². The first-order chi connectivity index (χ1) is 11.3. The van der Waals surface area contributed by atoms with E-state index in [2.05, 4.69) is 36.1 Å². The van der Waals surface area contributed by atoms with Crippen LogP contribution in [0, 0.1) is 10.1 Å². The maximum Gasteiger partial charge on any atom is 0.269 e. The first-order valence-electron chi connectivity index (χ1n) is 8.01. The molecule has 1 N–H and O–H groups in total. The Hall–Kier alpha value is -2.70. The lowest BCUT2D eigenvalue weighted by Gasteiger charge is -2.15. The molecule has 0 aliphatic rings. The molecule has 3 rings (SSSR count). The largest absolute Gasteiger partial charge is 0.295 e. The van der Waals surface area contributed by atoms with E-state index in [9.17, 15) is 10.1 Å². The molecule has 24 heavy (non-hydrogen) atoms. The van der Waals surface area contributed by atoms with Gasteiger partial charge >= 0.3 is 0 Å². The van der Waals surface area contributed by atoms with Gasteiger partial charge in [0.2, 0.25) is 0 Å². The Morgan fingerprint density at radius 1 is 1.17 bits per heavy atom. The molecule has 7 heteroatoms. The minimum atomic E-state index is -0.380. The van der Waals surface area contributed by atoms with Crippen molar-refractivity contribution in [1.82, 2.24) is 19.8 Å². The van der Waals surface area contributed by atoms with E-state index < -0.39 is 0 Å². The smallest absolute Gasteiger partial charge is 0.269 e. The number of benzene rings is 1. The van der Waals surface area contributed by atoms with Gasteiger partial charge in [-0.3, -0.25) is 15.2 Å². The maximum absolute atomic E-state index is 10.7. The summed E-state index contributed by atoms with van der Waals surface area (Å²) in [6, 6.07) is 8.75. The van der Waals surface area contributed by atoms with E-state index in [4.69, 9.17) is 0 Å². The summed E-state index contributed by atoms with van der Waals surface area (Å²) in [6.07, 6.45) is 2.55. The number of hydrogen-bond acceptors (Lipinski definition) is 4. The normalized spacial score (nSPS) is 12.0. The SMILES string of the molecule is CC(C)(C)c1cc2nnc(CCCc3ccc([N+](=O)[O-])cc3)n2[nH]1. The van der Waals surface area contributed by atoms with Crippen LogP contribution < -0.4 is 0 Å². The molecule has 126 valence electrons. The highest BCUT2D eigenvalue weighted by atomic mass is 16.6. The van der Waals surface area contributed by atoms with Crippen LogP contribution in [0.3, 0.4) is 0 Å². The van der Waals surface area contributed by atoms with Crippen molar-refractivity contribution in [3.05, 3.63) is 57.5 Å². The average molecular weight is 327 g/mol. The molecular weight excluding hydrogens is 306 g/mol. The number of fused-ring (bicyclic) bond motifs is 1. The lowest BCUT2D eigenvalue weighted by Crippen LogP contribution is -2.12. The monoisotopic (exact) mass is 327 g/mol. The van der Waals surface area contributed by atoms with Gasteiger partial charge in [0.05, 0.1) is 4.92 Å². The lowest BCUT2D eigenvalue weighted by molar-refractivity contribution is -0.384. The van der Waals surface area contributed by atoms with Crippen molar-refractivity contribution in [2.75, 3.05) is 0 Å². The third-order valence-electron chi connectivity index (χ3n) is 4.08. The van der Waals surface area contributed by atoms with E-state index in [0.717, 1.165) is 42.0 Å². The Kier molecular flexibility index (Phi) is 4.09. The number of nitro benzene ring substituents is 1. The Bertz CT molecular complexity index is 855. The van der Waals surface area contributed by atoms with Crippen molar-refractivity contribution < 1.29 is 4.92 Å². The van der Waals surface area contributed by atoms with Crippen LogP contribution in [0.5, 0.6) is 0 Å². The van der Waals surface area contributed by atoms with Gasteiger partial charge in [-0.25, -0.2) is 4.52 Å². The first kappa shape index (κ1) is 16.2. The van der Waals surface area contributed by atoms with Crippen LogP contribution in [0.1, 0.15) is 44.3 Å². The van der Waals surface area contributed by atoms with Gasteiger partial charge in [0.1, 0.15) is 0 Å². The summed E-state index contributed by atoms with van der Waals surface area (Å²) in [4.78, 5) is 10.3. The summed E-state index contributed by atoms with van der Waals surface area (Å²) < 4.78 is 1.94. The third-order valence-corrected chi connectivity index (χ3v) is 4.08. The van der Waals surface area contributed by atoms with E-state index >= 15 is 0 Å². The number of rotatable bonds is 5. The lowest BCUT2D eigenvalue weighted by atomic mass is 9.93. The van der Waals surface area contributed by atoms with Crippen LogP contribution in [0.2, 0.25) is 0 Å². The van der Waals surface area contributed by atoms with Gasteiger partial charge in [-0.2, -0.15) is 0 Å². The van der Waals surface area contributed by atoms with Crippen LogP contribution in [-0.2, 0) is 18.3 Å². The second-order valence-corrected chi connectivity index (χ2v) is 7.01. The zero-order valence-electron chi connectivity index (χ0n) is 14.1. The number of hydrogen-bond donors (Lipinski definition) is 1. The Morgan fingerprint density at radius 3 is 2.50 bits per heavy atom. The van der Waals surface area contributed by atoms with Gasteiger partial charge in [-0.15, -0.1) is 10.2 Å². The summed E-state index contributed by atoms with van der Waals surface area (Å²) in [5.74, 6) is 0.905. The van der Waals surface area contributed by atoms with Gasteiger partial charge < -0.3 is 0 Å². The van der Waals surface area contributed by atoms with Gasteiger partial charge in [0.15, 0.2) is 11.5 Å². The number of nitro groups is 1. The number of H-pyrrole nitrogens is 1. The zero-order chi connectivity index (χ0) is 17.3. The molecule has 0 atom stereocenters. The summed E-state index contributed by atoms with van der Waals surface area (Å²) in [7, 11) is 0. The minimum absolute atomic E-state index is 0.0384. The minimum Gasteiger partial charge on any atom is -0.295 e. The fourth-order valence-corrected chi connectivity index (χ4v) is 2.61. The fraction of sp³-hybridized carbons (Fsp3) is 0.412. The maximum atomic E-state index is 10.7. The van der Waals surface area contributed by atoms with E-state index in [1.807, 2.05) is 22.7 Å². The topological polar surface area (TPSA) is 89.1 Å².